The Hall–Kier alpha value is -7.24. The zero-order valence-electron chi connectivity index (χ0n) is 28.4. The van der Waals surface area contributed by atoms with Crippen LogP contribution < -0.4 is 0 Å². The summed E-state index contributed by atoms with van der Waals surface area (Å²) in [6.07, 6.45) is 0. The highest BCUT2D eigenvalue weighted by molar-refractivity contribution is 6.29. The second-order valence-corrected chi connectivity index (χ2v) is 13.8. The topological polar surface area (TPSA) is 48.8 Å². The maximum atomic E-state index is 6.71. The average molecular weight is 677 g/mol. The Balaban J connectivity index is 1.27. The monoisotopic (exact) mass is 676 g/mol. The smallest absolute Gasteiger partial charge is 0.235 e. The van der Waals surface area contributed by atoms with Crippen molar-refractivity contribution in [1.82, 2.24) is 19.1 Å². The molecule has 5 nitrogen and oxygen atoms in total. The molecule has 0 saturated carbocycles. The molecule has 0 saturated heterocycles. The van der Waals surface area contributed by atoms with Gasteiger partial charge >= 0.3 is 0 Å². The van der Waals surface area contributed by atoms with E-state index in [1.807, 2.05) is 6.07 Å². The van der Waals surface area contributed by atoms with Crippen molar-refractivity contribution in [2.24, 2.45) is 0 Å². The minimum Gasteiger partial charge on any atom is -0.455 e. The Bertz CT molecular complexity index is 3460. The molecule has 0 unspecified atom stereocenters. The third kappa shape index (κ3) is 3.96. The number of nitrogens with zero attached hydrogens (tertiary/aromatic N) is 4. The zero-order chi connectivity index (χ0) is 34.6. The third-order valence-electron chi connectivity index (χ3n) is 10.9. The highest BCUT2D eigenvalue weighted by atomic mass is 16.3. The highest BCUT2D eigenvalue weighted by Crippen LogP contribution is 2.45. The van der Waals surface area contributed by atoms with Crippen molar-refractivity contribution in [2.45, 2.75) is 0 Å². The van der Waals surface area contributed by atoms with Gasteiger partial charge in [0.25, 0.3) is 0 Å². The van der Waals surface area contributed by atoms with Gasteiger partial charge in [0.1, 0.15) is 11.2 Å². The van der Waals surface area contributed by atoms with E-state index < -0.39 is 0 Å². The van der Waals surface area contributed by atoms with Crippen LogP contribution in [0.2, 0.25) is 0 Å². The molecule has 0 N–H and O–H groups in total. The fourth-order valence-electron chi connectivity index (χ4n) is 8.59. The lowest BCUT2D eigenvalue weighted by atomic mass is 10.0. The van der Waals surface area contributed by atoms with Gasteiger partial charge in [0.15, 0.2) is 0 Å². The summed E-state index contributed by atoms with van der Waals surface area (Å²) in [5.41, 5.74) is 9.97. The second-order valence-electron chi connectivity index (χ2n) is 13.8. The van der Waals surface area contributed by atoms with Gasteiger partial charge in [-0.05, 0) is 59.3 Å². The summed E-state index contributed by atoms with van der Waals surface area (Å²) < 4.78 is 11.4. The van der Waals surface area contributed by atoms with Gasteiger partial charge in [-0.25, -0.2) is 9.97 Å². The molecule has 53 heavy (non-hydrogen) atoms. The summed E-state index contributed by atoms with van der Waals surface area (Å²) >= 11 is 0. The van der Waals surface area contributed by atoms with Gasteiger partial charge in [0, 0.05) is 43.6 Å². The minimum atomic E-state index is 0.629. The number of furan rings is 1. The van der Waals surface area contributed by atoms with Crippen LogP contribution in [0.15, 0.2) is 174 Å². The molecule has 0 aliphatic rings. The predicted octanol–water partition coefficient (Wildman–Crippen LogP) is 12.5. The van der Waals surface area contributed by atoms with Crippen molar-refractivity contribution < 1.29 is 4.42 Å². The largest absolute Gasteiger partial charge is 0.455 e. The van der Waals surface area contributed by atoms with E-state index in [2.05, 4.69) is 173 Å². The molecule has 0 amide bonds. The predicted molar refractivity (Wildman–Crippen MR) is 218 cm³/mol. The van der Waals surface area contributed by atoms with E-state index in [-0.39, 0.29) is 0 Å². The molecule has 12 rings (SSSR count). The van der Waals surface area contributed by atoms with Crippen LogP contribution >= 0.6 is 0 Å². The quantitative estimate of drug-likeness (QED) is 0.187. The molecule has 246 valence electrons. The van der Waals surface area contributed by atoms with E-state index in [1.54, 1.807) is 0 Å². The van der Waals surface area contributed by atoms with Gasteiger partial charge < -0.3 is 8.98 Å². The van der Waals surface area contributed by atoms with Gasteiger partial charge in [-0.15, -0.1) is 0 Å². The minimum absolute atomic E-state index is 0.629. The number of hydrogen-bond donors (Lipinski definition) is 0. The molecule has 0 radical (unpaired) electrons. The number of hydrogen-bond acceptors (Lipinski definition) is 3. The number of aromatic nitrogens is 4. The van der Waals surface area contributed by atoms with Gasteiger partial charge in [0.05, 0.1) is 38.7 Å². The van der Waals surface area contributed by atoms with Gasteiger partial charge in [0.2, 0.25) is 5.95 Å². The molecule has 0 atom stereocenters. The molecular formula is C48H28N4O. The van der Waals surface area contributed by atoms with E-state index in [0.717, 1.165) is 93.4 Å². The van der Waals surface area contributed by atoms with Gasteiger partial charge in [-0.3, -0.25) is 4.57 Å². The maximum absolute atomic E-state index is 6.71. The lowest BCUT2D eigenvalue weighted by Gasteiger charge is -2.14. The molecule has 4 aromatic heterocycles. The molecule has 0 fully saturated rings. The van der Waals surface area contributed by atoms with Crippen LogP contribution in [0, 0.1) is 0 Å². The molecule has 0 bridgehead atoms. The van der Waals surface area contributed by atoms with Crippen LogP contribution in [0.1, 0.15) is 0 Å². The first-order valence-electron chi connectivity index (χ1n) is 17.9. The van der Waals surface area contributed by atoms with E-state index >= 15 is 0 Å². The SMILES string of the molecule is c1ccc(-n2c3ccc4c5ccccc5oc4c3c3ccc4c5ccccc5n(-c5nc(-c6ccc7ccccc7c6)c6ccccc6n5)c4c32)cc1. The standard InChI is InChI=1S/C48H28N4O/c1-2-14-32(15-3-1)51-41-27-26-36-34-17-8-11-21-42(34)53-47(36)43(41)38-25-24-35-33-16-7-10-20-40(33)52(45(35)46(38)51)48-49-39-19-9-6-18-37(39)44(50-48)31-23-22-29-12-4-5-13-30(29)28-31/h1-28H. The zero-order valence-corrected chi connectivity index (χ0v) is 28.4. The van der Waals surface area contributed by atoms with Crippen LogP contribution in [0.3, 0.4) is 0 Å². The van der Waals surface area contributed by atoms with Crippen LogP contribution in [-0.2, 0) is 0 Å². The lowest BCUT2D eigenvalue weighted by molar-refractivity contribution is 0.673. The van der Waals surface area contributed by atoms with E-state index in [9.17, 15) is 0 Å². The molecule has 0 aliphatic heterocycles. The summed E-state index contributed by atoms with van der Waals surface area (Å²) in [5, 5.41) is 10.1. The van der Waals surface area contributed by atoms with E-state index in [4.69, 9.17) is 14.4 Å². The van der Waals surface area contributed by atoms with E-state index in [1.165, 1.54) is 10.8 Å². The van der Waals surface area contributed by atoms with Crippen LogP contribution in [0.25, 0.3) is 110 Å². The van der Waals surface area contributed by atoms with Crippen molar-refractivity contribution in [3.63, 3.8) is 0 Å². The number of para-hydroxylation sites is 4. The molecule has 0 spiro atoms. The summed E-state index contributed by atoms with van der Waals surface area (Å²) in [5.74, 6) is 0.629. The number of fused-ring (bicyclic) bond motifs is 13. The Morgan fingerprint density at radius 2 is 1.13 bits per heavy atom. The van der Waals surface area contributed by atoms with Gasteiger partial charge in [-0.1, -0.05) is 121 Å². The second kappa shape index (κ2) is 10.6. The first-order chi connectivity index (χ1) is 26.3. The molecule has 5 heteroatoms. The normalized spacial score (nSPS) is 12.2. The average Bonchev–Trinajstić information content (AvgIpc) is 3.88. The van der Waals surface area contributed by atoms with Gasteiger partial charge in [-0.2, -0.15) is 0 Å². The lowest BCUT2D eigenvalue weighted by Crippen LogP contribution is -2.04. The molecule has 8 aromatic carbocycles. The number of benzene rings is 8. The third-order valence-corrected chi connectivity index (χ3v) is 10.9. The number of rotatable bonds is 3. The molecular weight excluding hydrogens is 649 g/mol. The Labute approximate surface area is 302 Å². The van der Waals surface area contributed by atoms with E-state index in [0.29, 0.717) is 5.95 Å². The molecule has 4 heterocycles. The highest BCUT2D eigenvalue weighted by Gasteiger charge is 2.25. The first-order valence-corrected chi connectivity index (χ1v) is 17.9. The summed E-state index contributed by atoms with van der Waals surface area (Å²) in [4.78, 5) is 10.8. The fourth-order valence-corrected chi connectivity index (χ4v) is 8.59. The molecule has 12 aromatic rings. The van der Waals surface area contributed by atoms with Crippen molar-refractivity contribution >= 4 is 87.2 Å². The Kier molecular flexibility index (Phi) is 5.71. The summed E-state index contributed by atoms with van der Waals surface area (Å²) in [6.45, 7) is 0. The van der Waals surface area contributed by atoms with Crippen molar-refractivity contribution in [1.29, 1.82) is 0 Å². The fraction of sp³-hybridized carbons (Fsp3) is 0. The first kappa shape index (κ1) is 28.5. The van der Waals surface area contributed by atoms with Crippen LogP contribution in [-0.4, -0.2) is 19.1 Å². The van der Waals surface area contributed by atoms with Crippen LogP contribution in [0.4, 0.5) is 0 Å². The van der Waals surface area contributed by atoms with Crippen molar-refractivity contribution in [2.75, 3.05) is 0 Å². The van der Waals surface area contributed by atoms with Crippen LogP contribution in [0.5, 0.6) is 0 Å². The van der Waals surface area contributed by atoms with Crippen molar-refractivity contribution in [3.8, 4) is 22.9 Å². The summed E-state index contributed by atoms with van der Waals surface area (Å²) in [6, 6.07) is 59.9. The summed E-state index contributed by atoms with van der Waals surface area (Å²) in [7, 11) is 0. The van der Waals surface area contributed by atoms with Crippen molar-refractivity contribution in [3.05, 3.63) is 170 Å². The molecule has 0 aliphatic carbocycles. The Morgan fingerprint density at radius 3 is 2.04 bits per heavy atom. The maximum Gasteiger partial charge on any atom is 0.235 e. The Morgan fingerprint density at radius 1 is 0.434 bits per heavy atom.